The van der Waals surface area contributed by atoms with Crippen molar-refractivity contribution in [1.29, 1.82) is 0 Å². The molecular formula is C13H14ClNO4. The fraction of sp³-hybridized carbons (Fsp3) is 0.385. The van der Waals surface area contributed by atoms with Crippen LogP contribution in [0.3, 0.4) is 0 Å². The summed E-state index contributed by atoms with van der Waals surface area (Å²) in [5, 5.41) is 10.7. The van der Waals surface area contributed by atoms with Gasteiger partial charge >= 0.3 is 0 Å². The number of hydroxylamine groups is 2. The number of alkyl halides is 1. The quantitative estimate of drug-likeness (QED) is 0.658. The van der Waals surface area contributed by atoms with Gasteiger partial charge < -0.3 is 5.11 Å². The highest BCUT2D eigenvalue weighted by atomic mass is 35.5. The summed E-state index contributed by atoms with van der Waals surface area (Å²) in [6.45, 7) is 1.53. The van der Waals surface area contributed by atoms with Gasteiger partial charge in [0.1, 0.15) is 12.2 Å². The lowest BCUT2D eigenvalue weighted by Crippen LogP contribution is -2.41. The first-order chi connectivity index (χ1) is 9.02. The predicted molar refractivity (Wildman–Crippen MR) is 68.9 cm³/mol. The lowest BCUT2D eigenvalue weighted by atomic mass is 10.1. The van der Waals surface area contributed by atoms with Crippen molar-refractivity contribution in [3.05, 3.63) is 35.4 Å². The fourth-order valence-corrected chi connectivity index (χ4v) is 1.97. The number of benzene rings is 1. The zero-order valence-corrected chi connectivity index (χ0v) is 11.2. The van der Waals surface area contributed by atoms with Crippen LogP contribution in [0, 0.1) is 0 Å². The fourth-order valence-electron chi connectivity index (χ4n) is 1.70. The number of aliphatic hydroxyl groups is 1. The van der Waals surface area contributed by atoms with Crippen LogP contribution >= 0.6 is 11.6 Å². The summed E-state index contributed by atoms with van der Waals surface area (Å²) in [4.78, 5) is 29.1. The third-order valence-corrected chi connectivity index (χ3v) is 3.62. The van der Waals surface area contributed by atoms with Crippen LogP contribution in [0.4, 0.5) is 0 Å². The Labute approximate surface area is 115 Å². The Balaban J connectivity index is 2.13. The van der Waals surface area contributed by atoms with Gasteiger partial charge in [-0.2, -0.15) is 0 Å². The number of halogens is 1. The van der Waals surface area contributed by atoms with E-state index in [1.54, 1.807) is 31.2 Å². The summed E-state index contributed by atoms with van der Waals surface area (Å²) in [6.07, 6.45) is 0.361. The van der Waals surface area contributed by atoms with Gasteiger partial charge in [0.15, 0.2) is 0 Å². The van der Waals surface area contributed by atoms with E-state index in [-0.39, 0.29) is 12.5 Å². The molecule has 0 aliphatic carbocycles. The maximum absolute atomic E-state index is 12.0. The van der Waals surface area contributed by atoms with Crippen LogP contribution in [0.1, 0.15) is 34.1 Å². The van der Waals surface area contributed by atoms with Gasteiger partial charge in [0.2, 0.25) is 0 Å². The second-order valence-electron chi connectivity index (χ2n) is 4.44. The van der Waals surface area contributed by atoms with Crippen molar-refractivity contribution in [1.82, 2.24) is 5.06 Å². The zero-order valence-electron chi connectivity index (χ0n) is 10.4. The van der Waals surface area contributed by atoms with E-state index in [0.717, 1.165) is 0 Å². The van der Waals surface area contributed by atoms with Crippen molar-refractivity contribution < 1.29 is 19.5 Å². The predicted octanol–water partition coefficient (Wildman–Crippen LogP) is 1.59. The van der Waals surface area contributed by atoms with E-state index < -0.39 is 17.4 Å². The summed E-state index contributed by atoms with van der Waals surface area (Å²) >= 11 is 5.64. The maximum atomic E-state index is 12.0. The molecule has 19 heavy (non-hydrogen) atoms. The molecule has 0 aromatic heterocycles. The van der Waals surface area contributed by atoms with Crippen molar-refractivity contribution in [2.75, 3.05) is 12.5 Å². The van der Waals surface area contributed by atoms with Gasteiger partial charge in [-0.15, -0.1) is 16.7 Å². The first-order valence-electron chi connectivity index (χ1n) is 5.91. The van der Waals surface area contributed by atoms with Gasteiger partial charge in [0.05, 0.1) is 17.0 Å². The molecule has 2 amide bonds. The van der Waals surface area contributed by atoms with Gasteiger partial charge in [-0.1, -0.05) is 19.1 Å². The Hall–Kier alpha value is -1.43. The summed E-state index contributed by atoms with van der Waals surface area (Å²) < 4.78 is 0. The van der Waals surface area contributed by atoms with Crippen LogP contribution in [0.25, 0.3) is 0 Å². The van der Waals surface area contributed by atoms with Crippen LogP contribution in [0.15, 0.2) is 24.3 Å². The van der Waals surface area contributed by atoms with E-state index in [4.69, 9.17) is 16.4 Å². The van der Waals surface area contributed by atoms with Gasteiger partial charge in [-0.05, 0) is 18.6 Å². The summed E-state index contributed by atoms with van der Waals surface area (Å²) in [5.74, 6) is -1.07. The SMILES string of the molecule is CC[C@@](O)(CCl)CON1C(=O)c2ccccc2C1=O. The van der Waals surface area contributed by atoms with Crippen LogP contribution in [-0.2, 0) is 4.84 Å². The highest BCUT2D eigenvalue weighted by molar-refractivity contribution is 6.20. The first-order valence-corrected chi connectivity index (χ1v) is 6.45. The Kier molecular flexibility index (Phi) is 3.89. The number of carbonyl (C=O) groups is 2. The minimum atomic E-state index is -1.25. The molecule has 1 heterocycles. The molecule has 1 atom stereocenters. The summed E-state index contributed by atoms with van der Waals surface area (Å²) in [7, 11) is 0. The van der Waals surface area contributed by atoms with E-state index in [9.17, 15) is 14.7 Å². The largest absolute Gasteiger partial charge is 0.386 e. The molecule has 2 rings (SSSR count). The van der Waals surface area contributed by atoms with E-state index in [0.29, 0.717) is 22.6 Å². The number of hydrogen-bond donors (Lipinski definition) is 1. The molecule has 5 nitrogen and oxygen atoms in total. The number of carbonyl (C=O) groups excluding carboxylic acids is 2. The number of nitrogens with zero attached hydrogens (tertiary/aromatic N) is 1. The molecule has 0 spiro atoms. The van der Waals surface area contributed by atoms with Crippen LogP contribution in [0.5, 0.6) is 0 Å². The number of fused-ring (bicyclic) bond motifs is 1. The lowest BCUT2D eigenvalue weighted by Gasteiger charge is -2.25. The minimum Gasteiger partial charge on any atom is -0.386 e. The monoisotopic (exact) mass is 283 g/mol. The molecule has 0 unspecified atom stereocenters. The molecule has 0 saturated heterocycles. The zero-order chi connectivity index (χ0) is 14.0. The minimum absolute atomic E-state index is 0.0351. The summed E-state index contributed by atoms with van der Waals surface area (Å²) in [5.41, 5.74) is -0.645. The second-order valence-corrected chi connectivity index (χ2v) is 4.70. The Bertz CT molecular complexity index is 478. The van der Waals surface area contributed by atoms with Crippen LogP contribution < -0.4 is 0 Å². The van der Waals surface area contributed by atoms with Crippen molar-refractivity contribution in [2.24, 2.45) is 0 Å². The third-order valence-electron chi connectivity index (χ3n) is 3.13. The molecular weight excluding hydrogens is 270 g/mol. The standard InChI is InChI=1S/C13H14ClNO4/c1-2-13(18,7-14)8-19-15-11(16)9-5-3-4-6-10(9)12(15)17/h3-6,18H,2,7-8H2,1H3/t13-/m1/s1. The van der Waals surface area contributed by atoms with Crippen molar-refractivity contribution >= 4 is 23.4 Å². The first kappa shape index (κ1) is 14.0. The highest BCUT2D eigenvalue weighted by Crippen LogP contribution is 2.24. The Morgan fingerprint density at radius 2 is 1.79 bits per heavy atom. The van der Waals surface area contributed by atoms with E-state index in [1.165, 1.54) is 0 Å². The van der Waals surface area contributed by atoms with E-state index in [1.807, 2.05) is 0 Å². The van der Waals surface area contributed by atoms with Crippen LogP contribution in [0.2, 0.25) is 0 Å². The number of hydrogen-bond acceptors (Lipinski definition) is 4. The average Bonchev–Trinajstić information content (AvgIpc) is 2.69. The molecule has 1 aliphatic rings. The number of amides is 2. The van der Waals surface area contributed by atoms with Gasteiger partial charge in [0.25, 0.3) is 11.8 Å². The van der Waals surface area contributed by atoms with Crippen LogP contribution in [-0.4, -0.2) is 40.1 Å². The molecule has 102 valence electrons. The van der Waals surface area contributed by atoms with Gasteiger partial charge in [-0.3, -0.25) is 14.4 Å². The van der Waals surface area contributed by atoms with Crippen molar-refractivity contribution in [3.8, 4) is 0 Å². The number of rotatable bonds is 5. The third kappa shape index (κ3) is 2.49. The molecule has 0 fully saturated rings. The molecule has 0 bridgehead atoms. The van der Waals surface area contributed by atoms with Crippen molar-refractivity contribution in [3.63, 3.8) is 0 Å². The molecule has 6 heteroatoms. The Morgan fingerprint density at radius 1 is 1.26 bits per heavy atom. The van der Waals surface area contributed by atoms with Gasteiger partial charge in [-0.25, -0.2) is 0 Å². The molecule has 1 aliphatic heterocycles. The smallest absolute Gasteiger partial charge is 0.285 e. The topological polar surface area (TPSA) is 66.8 Å². The van der Waals surface area contributed by atoms with E-state index >= 15 is 0 Å². The second kappa shape index (κ2) is 5.28. The van der Waals surface area contributed by atoms with Gasteiger partial charge in [0, 0.05) is 0 Å². The number of imide groups is 1. The average molecular weight is 284 g/mol. The highest BCUT2D eigenvalue weighted by Gasteiger charge is 2.38. The van der Waals surface area contributed by atoms with Crippen molar-refractivity contribution in [2.45, 2.75) is 18.9 Å². The Morgan fingerprint density at radius 3 is 2.21 bits per heavy atom. The van der Waals surface area contributed by atoms with E-state index in [2.05, 4.69) is 0 Å². The molecule has 1 aromatic rings. The normalized spacial score (nSPS) is 17.5. The lowest BCUT2D eigenvalue weighted by molar-refractivity contribution is -0.141. The molecule has 1 N–H and O–H groups in total. The molecule has 0 radical (unpaired) electrons. The molecule has 0 saturated carbocycles. The summed E-state index contributed by atoms with van der Waals surface area (Å²) in [6, 6.07) is 6.47. The maximum Gasteiger partial charge on any atom is 0.285 e. The molecule has 1 aromatic carbocycles.